The number of nitrogens with one attached hydrogen (secondary N) is 1. The Morgan fingerprint density at radius 1 is 1.14 bits per heavy atom. The smallest absolute Gasteiger partial charge is 0.321 e. The van der Waals surface area contributed by atoms with E-state index in [2.05, 4.69) is 10.4 Å². The van der Waals surface area contributed by atoms with E-state index in [0.717, 1.165) is 22.5 Å². The molecule has 0 saturated carbocycles. The summed E-state index contributed by atoms with van der Waals surface area (Å²) >= 11 is 0. The van der Waals surface area contributed by atoms with Crippen molar-refractivity contribution in [3.05, 3.63) is 58.9 Å². The molecule has 29 heavy (non-hydrogen) atoms. The van der Waals surface area contributed by atoms with E-state index in [9.17, 15) is 9.59 Å². The van der Waals surface area contributed by atoms with Gasteiger partial charge in [0.25, 0.3) is 5.91 Å². The van der Waals surface area contributed by atoms with Gasteiger partial charge in [0.1, 0.15) is 0 Å². The van der Waals surface area contributed by atoms with Crippen molar-refractivity contribution < 1.29 is 9.59 Å². The first kappa shape index (κ1) is 18.9. The minimum absolute atomic E-state index is 0.344. The molecule has 2 atom stereocenters. The molecule has 150 valence electrons. The van der Waals surface area contributed by atoms with Crippen LogP contribution in [0.25, 0.3) is 6.08 Å². The van der Waals surface area contributed by atoms with E-state index in [0.29, 0.717) is 12.5 Å². The number of aryl methyl sites for hydroxylation is 1. The number of aliphatic imine (C=N–C) groups is 1. The number of amides is 3. The first-order valence-corrected chi connectivity index (χ1v) is 9.55. The summed E-state index contributed by atoms with van der Waals surface area (Å²) in [5.74, 6) is 0.228. The first-order valence-electron chi connectivity index (χ1n) is 9.55. The van der Waals surface area contributed by atoms with E-state index in [1.165, 1.54) is 4.90 Å². The van der Waals surface area contributed by atoms with Gasteiger partial charge in [0.05, 0.1) is 5.69 Å². The lowest BCUT2D eigenvalue weighted by atomic mass is 10.1. The molecule has 2 aliphatic rings. The Morgan fingerprint density at radius 3 is 2.52 bits per heavy atom. The molecule has 2 unspecified atom stereocenters. The van der Waals surface area contributed by atoms with Crippen molar-refractivity contribution in [1.29, 1.82) is 0 Å². The minimum Gasteiger partial charge on any atom is -0.321 e. The third-order valence-corrected chi connectivity index (χ3v) is 5.59. The second-order valence-electron chi connectivity index (χ2n) is 7.37. The quantitative estimate of drug-likeness (QED) is 0.865. The van der Waals surface area contributed by atoms with Crippen LogP contribution in [0.2, 0.25) is 0 Å². The van der Waals surface area contributed by atoms with Crippen LogP contribution in [-0.2, 0) is 4.79 Å². The highest BCUT2D eigenvalue weighted by Crippen LogP contribution is 2.26. The molecule has 8 nitrogen and oxygen atoms in total. The zero-order valence-corrected chi connectivity index (χ0v) is 17.0. The van der Waals surface area contributed by atoms with E-state index >= 15 is 0 Å². The number of imide groups is 1. The molecule has 1 aromatic heterocycles. The molecule has 0 spiro atoms. The van der Waals surface area contributed by atoms with Gasteiger partial charge < -0.3 is 9.80 Å². The van der Waals surface area contributed by atoms with Crippen molar-refractivity contribution in [1.82, 2.24) is 24.9 Å². The van der Waals surface area contributed by atoms with Gasteiger partial charge in [0.2, 0.25) is 5.96 Å². The van der Waals surface area contributed by atoms with Crippen LogP contribution in [0.1, 0.15) is 22.5 Å². The lowest BCUT2D eigenvalue weighted by Crippen LogP contribution is -2.63. The first-order chi connectivity index (χ1) is 13.9. The molecule has 2 aliphatic heterocycles. The second-order valence-corrected chi connectivity index (χ2v) is 7.37. The van der Waals surface area contributed by atoms with Crippen LogP contribution in [0.3, 0.4) is 0 Å². The van der Waals surface area contributed by atoms with Gasteiger partial charge in [-0.15, -0.1) is 0 Å². The fraction of sp³-hybridized carbons (Fsp3) is 0.333. The molecule has 0 bridgehead atoms. The summed E-state index contributed by atoms with van der Waals surface area (Å²) in [6.07, 6.45) is 3.42. The number of rotatable bonds is 3. The average Bonchev–Trinajstić information content (AvgIpc) is 3.20. The van der Waals surface area contributed by atoms with Crippen LogP contribution in [0.5, 0.6) is 0 Å². The number of likely N-dealkylation sites (N-methyl/N-ethyl adjacent to an activating group) is 1. The van der Waals surface area contributed by atoms with Crippen LogP contribution in [-0.4, -0.2) is 63.3 Å². The predicted octanol–water partition coefficient (Wildman–Crippen LogP) is 1.92. The summed E-state index contributed by atoms with van der Waals surface area (Å²) < 4.78 is 1.77. The lowest BCUT2D eigenvalue weighted by molar-refractivity contribution is -0.126. The molecule has 8 heteroatoms. The predicted molar refractivity (Wildman–Crippen MR) is 110 cm³/mol. The Labute approximate surface area is 169 Å². The summed E-state index contributed by atoms with van der Waals surface area (Å²) in [5, 5.41) is 7.04. The lowest BCUT2D eigenvalue weighted by Gasteiger charge is -2.35. The van der Waals surface area contributed by atoms with Crippen LogP contribution < -0.4 is 5.32 Å². The molecule has 1 N–H and O–H groups in total. The number of hydrogen-bond donors (Lipinski definition) is 1. The van der Waals surface area contributed by atoms with Gasteiger partial charge in [0, 0.05) is 19.3 Å². The number of carbonyl (C=O) groups excluding carboxylic acids is 2. The van der Waals surface area contributed by atoms with E-state index in [1.54, 1.807) is 11.7 Å². The van der Waals surface area contributed by atoms with E-state index in [4.69, 9.17) is 4.99 Å². The molecule has 3 amide bonds. The van der Waals surface area contributed by atoms with Crippen molar-refractivity contribution in [2.45, 2.75) is 33.0 Å². The molecular weight excluding hydrogens is 368 g/mol. The molecular formula is C21H24N6O2. The number of aromatic nitrogens is 2. The van der Waals surface area contributed by atoms with E-state index < -0.39 is 18.2 Å². The number of fused-ring (bicyclic) bond motifs is 1. The highest BCUT2D eigenvalue weighted by molar-refractivity contribution is 6.04. The third-order valence-electron chi connectivity index (χ3n) is 5.59. The summed E-state index contributed by atoms with van der Waals surface area (Å²) in [6.45, 7) is 6.40. The molecule has 2 aromatic rings. The maximum atomic E-state index is 12.7. The number of carbonyl (C=O) groups is 2. The molecule has 3 heterocycles. The largest absolute Gasteiger partial charge is 0.325 e. The number of hydrogen-bond acceptors (Lipinski definition) is 5. The maximum Gasteiger partial charge on any atom is 0.325 e. The molecule has 1 aromatic carbocycles. The number of urea groups is 1. The van der Waals surface area contributed by atoms with Gasteiger partial charge >= 0.3 is 6.03 Å². The Bertz CT molecular complexity index is 1020. The van der Waals surface area contributed by atoms with Gasteiger partial charge in [-0.25, -0.2) is 14.5 Å². The highest BCUT2D eigenvalue weighted by atomic mass is 16.2. The molecule has 0 aliphatic carbocycles. The van der Waals surface area contributed by atoms with Crippen LogP contribution in [0.4, 0.5) is 4.79 Å². The van der Waals surface area contributed by atoms with Crippen molar-refractivity contribution in [2.75, 3.05) is 13.6 Å². The zero-order chi connectivity index (χ0) is 20.7. The van der Waals surface area contributed by atoms with E-state index in [-0.39, 0.29) is 5.91 Å². The standard InChI is InChI=1S/C21H24N6O2/c1-13-14(2)24-27(15(13)3)20-22-18-17(19(28)23-21(29)25(18)4)26(20)12-8-11-16-9-6-5-7-10-16/h5-11,17-18H,12H2,1-4H3,(H,23,28,29)/b11-8+. The Morgan fingerprint density at radius 2 is 1.86 bits per heavy atom. The van der Waals surface area contributed by atoms with Gasteiger partial charge in [-0.1, -0.05) is 42.5 Å². The maximum absolute atomic E-state index is 12.7. The summed E-state index contributed by atoms with van der Waals surface area (Å²) in [4.78, 5) is 32.9. The van der Waals surface area contributed by atoms with Gasteiger partial charge in [-0.2, -0.15) is 5.10 Å². The summed E-state index contributed by atoms with van der Waals surface area (Å²) in [6, 6.07) is 8.92. The van der Waals surface area contributed by atoms with Gasteiger partial charge in [0.15, 0.2) is 12.2 Å². The summed E-state index contributed by atoms with van der Waals surface area (Å²) in [5.41, 5.74) is 4.03. The van der Waals surface area contributed by atoms with Crippen molar-refractivity contribution >= 4 is 24.0 Å². The van der Waals surface area contributed by atoms with Crippen LogP contribution >= 0.6 is 0 Å². The van der Waals surface area contributed by atoms with Gasteiger partial charge in [-0.05, 0) is 31.9 Å². The molecule has 1 saturated heterocycles. The number of benzene rings is 1. The normalized spacial score (nSPS) is 21.6. The topological polar surface area (TPSA) is 82.8 Å². The van der Waals surface area contributed by atoms with Crippen molar-refractivity contribution in [3.8, 4) is 0 Å². The average molecular weight is 392 g/mol. The minimum atomic E-state index is -0.600. The second kappa shape index (κ2) is 7.20. The monoisotopic (exact) mass is 392 g/mol. The molecule has 4 rings (SSSR count). The molecule has 0 radical (unpaired) electrons. The van der Waals surface area contributed by atoms with E-state index in [1.807, 2.05) is 68.2 Å². The van der Waals surface area contributed by atoms with Crippen LogP contribution in [0.15, 0.2) is 41.4 Å². The molecule has 1 fully saturated rings. The summed E-state index contributed by atoms with van der Waals surface area (Å²) in [7, 11) is 1.65. The Balaban J connectivity index is 1.71. The Kier molecular flexibility index (Phi) is 4.70. The van der Waals surface area contributed by atoms with Crippen molar-refractivity contribution in [2.24, 2.45) is 4.99 Å². The fourth-order valence-corrected chi connectivity index (χ4v) is 3.66. The fourth-order valence-electron chi connectivity index (χ4n) is 3.66. The van der Waals surface area contributed by atoms with Gasteiger partial charge in [-0.3, -0.25) is 10.1 Å². The third kappa shape index (κ3) is 3.20. The zero-order valence-electron chi connectivity index (χ0n) is 17.0. The Hall–Kier alpha value is -3.42. The van der Waals surface area contributed by atoms with Crippen molar-refractivity contribution in [3.63, 3.8) is 0 Å². The highest BCUT2D eigenvalue weighted by Gasteiger charge is 2.49. The SMILES string of the molecule is Cc1nn(C2=NC3C(C(=O)NC(=O)N3C)N2C/C=C/c2ccccc2)c(C)c1C. The number of nitrogens with zero attached hydrogens (tertiary/aromatic N) is 5. The van der Waals surface area contributed by atoms with Crippen LogP contribution in [0, 0.1) is 20.8 Å².